The third-order valence-corrected chi connectivity index (χ3v) is 3.18. The third kappa shape index (κ3) is 3.23. The Balaban J connectivity index is 2.05. The average Bonchev–Trinajstić information content (AvgIpc) is 2.41. The maximum absolute atomic E-state index is 12.2. The van der Waals surface area contributed by atoms with Crippen LogP contribution in [-0.2, 0) is 4.79 Å². The monoisotopic (exact) mass is 262 g/mol. The summed E-state index contributed by atoms with van der Waals surface area (Å²) in [5, 5.41) is 5.63. The van der Waals surface area contributed by atoms with E-state index >= 15 is 0 Å². The van der Waals surface area contributed by atoms with Crippen LogP contribution in [0.15, 0.2) is 18.2 Å². The Bertz CT molecular complexity index is 491. The molecule has 0 spiro atoms. The molecular weight excluding hydrogens is 244 g/mol. The van der Waals surface area contributed by atoms with Crippen LogP contribution < -0.4 is 21.9 Å². The first kappa shape index (κ1) is 13.4. The van der Waals surface area contributed by atoms with Gasteiger partial charge >= 0.3 is 0 Å². The molecule has 19 heavy (non-hydrogen) atoms. The number of nitrogens with one attached hydrogen (secondary N) is 3. The second-order valence-corrected chi connectivity index (χ2v) is 4.71. The van der Waals surface area contributed by atoms with E-state index in [1.165, 1.54) is 0 Å². The number of nitrogens with two attached hydrogens (primary N) is 1. The van der Waals surface area contributed by atoms with E-state index in [0.29, 0.717) is 30.6 Å². The summed E-state index contributed by atoms with van der Waals surface area (Å²) >= 11 is 0. The lowest BCUT2D eigenvalue weighted by Gasteiger charge is -2.24. The van der Waals surface area contributed by atoms with E-state index in [4.69, 9.17) is 5.84 Å². The van der Waals surface area contributed by atoms with E-state index in [0.717, 1.165) is 5.56 Å². The van der Waals surface area contributed by atoms with Gasteiger partial charge in [-0.15, -0.1) is 0 Å². The molecule has 1 atom stereocenters. The molecule has 102 valence electrons. The Morgan fingerprint density at radius 3 is 2.89 bits per heavy atom. The minimum Gasteiger partial charge on any atom is -0.354 e. The number of anilines is 1. The second kappa shape index (κ2) is 5.71. The fourth-order valence-corrected chi connectivity index (χ4v) is 2.09. The second-order valence-electron chi connectivity index (χ2n) is 4.71. The molecule has 1 aromatic carbocycles. The number of piperidine rings is 1. The van der Waals surface area contributed by atoms with Crippen molar-refractivity contribution >= 4 is 17.5 Å². The Morgan fingerprint density at radius 1 is 1.47 bits per heavy atom. The fraction of sp³-hybridized carbons (Fsp3) is 0.385. The number of hydrogen-bond donors (Lipinski definition) is 4. The van der Waals surface area contributed by atoms with Crippen molar-refractivity contribution in [1.29, 1.82) is 0 Å². The highest BCUT2D eigenvalue weighted by molar-refractivity contribution is 6.00. The number of aryl methyl sites for hydroxylation is 1. The zero-order chi connectivity index (χ0) is 13.8. The van der Waals surface area contributed by atoms with Gasteiger partial charge in [-0.3, -0.25) is 15.4 Å². The van der Waals surface area contributed by atoms with Crippen LogP contribution >= 0.6 is 0 Å². The molecule has 6 heteroatoms. The topological polar surface area (TPSA) is 96.2 Å². The van der Waals surface area contributed by atoms with E-state index in [9.17, 15) is 9.59 Å². The molecule has 6 nitrogen and oxygen atoms in total. The largest absolute Gasteiger partial charge is 0.354 e. The van der Waals surface area contributed by atoms with Crippen molar-refractivity contribution in [2.24, 2.45) is 5.84 Å². The summed E-state index contributed by atoms with van der Waals surface area (Å²) in [7, 11) is 0. The van der Waals surface area contributed by atoms with Crippen molar-refractivity contribution in [3.8, 4) is 0 Å². The van der Waals surface area contributed by atoms with Crippen LogP contribution in [0.25, 0.3) is 0 Å². The lowest BCUT2D eigenvalue weighted by molar-refractivity contribution is -0.122. The molecule has 0 aromatic heterocycles. The summed E-state index contributed by atoms with van der Waals surface area (Å²) in [6.07, 6.45) is 1.11. The van der Waals surface area contributed by atoms with E-state index in [1.54, 1.807) is 6.07 Å². The Morgan fingerprint density at radius 2 is 2.26 bits per heavy atom. The molecule has 1 saturated heterocycles. The van der Waals surface area contributed by atoms with Crippen LogP contribution in [0.2, 0.25) is 0 Å². The number of hydrazine groups is 1. The van der Waals surface area contributed by atoms with Crippen LogP contribution in [0.1, 0.15) is 28.8 Å². The number of benzene rings is 1. The summed E-state index contributed by atoms with van der Waals surface area (Å²) in [4.78, 5) is 23.2. The average molecular weight is 262 g/mol. The van der Waals surface area contributed by atoms with E-state index in [-0.39, 0.29) is 17.9 Å². The lowest BCUT2D eigenvalue weighted by Crippen LogP contribution is -2.47. The van der Waals surface area contributed by atoms with Gasteiger partial charge in [-0.05, 0) is 31.0 Å². The van der Waals surface area contributed by atoms with Gasteiger partial charge in [0.2, 0.25) is 5.91 Å². The molecule has 5 N–H and O–H groups in total. The molecule has 1 heterocycles. The van der Waals surface area contributed by atoms with Crippen molar-refractivity contribution in [2.45, 2.75) is 25.8 Å². The molecule has 1 aromatic rings. The highest BCUT2D eigenvalue weighted by Gasteiger charge is 2.21. The molecule has 0 aliphatic carbocycles. The van der Waals surface area contributed by atoms with Crippen LogP contribution in [0.3, 0.4) is 0 Å². The molecule has 0 bridgehead atoms. The Kier molecular flexibility index (Phi) is 4.01. The number of carbonyl (C=O) groups excluding carboxylic acids is 2. The van der Waals surface area contributed by atoms with Crippen LogP contribution in [0, 0.1) is 6.92 Å². The predicted octanol–water partition coefficient (Wildman–Crippen LogP) is 0.289. The summed E-state index contributed by atoms with van der Waals surface area (Å²) in [6, 6.07) is 5.38. The van der Waals surface area contributed by atoms with Crippen LogP contribution in [-0.4, -0.2) is 24.4 Å². The molecule has 1 aliphatic heterocycles. The van der Waals surface area contributed by atoms with E-state index in [2.05, 4.69) is 16.1 Å². The molecular formula is C13H18N4O2. The van der Waals surface area contributed by atoms with Gasteiger partial charge in [0.05, 0.1) is 11.3 Å². The summed E-state index contributed by atoms with van der Waals surface area (Å²) in [5.74, 6) is 5.27. The Labute approximate surface area is 111 Å². The standard InChI is InChI=1S/C13H18N4O2/c1-8-2-4-10(11(6-8)17-14)13(19)16-9-3-5-12(18)15-7-9/h2,4,6,9,17H,3,5,7,14H2,1H3,(H,15,18)(H,16,19). The highest BCUT2D eigenvalue weighted by atomic mass is 16.2. The fourth-order valence-electron chi connectivity index (χ4n) is 2.09. The van der Waals surface area contributed by atoms with Gasteiger partial charge in [-0.25, -0.2) is 0 Å². The third-order valence-electron chi connectivity index (χ3n) is 3.18. The van der Waals surface area contributed by atoms with Gasteiger partial charge in [0.1, 0.15) is 0 Å². The van der Waals surface area contributed by atoms with Gasteiger partial charge < -0.3 is 16.1 Å². The van der Waals surface area contributed by atoms with Crippen LogP contribution in [0.4, 0.5) is 5.69 Å². The maximum Gasteiger partial charge on any atom is 0.253 e. The van der Waals surface area contributed by atoms with Crippen molar-refractivity contribution in [3.63, 3.8) is 0 Å². The number of rotatable bonds is 3. The van der Waals surface area contributed by atoms with Gasteiger partial charge in [0.25, 0.3) is 5.91 Å². The molecule has 0 saturated carbocycles. The summed E-state index contributed by atoms with van der Waals surface area (Å²) in [6.45, 7) is 2.40. The molecule has 1 unspecified atom stereocenters. The molecule has 1 aliphatic rings. The number of hydrogen-bond acceptors (Lipinski definition) is 4. The van der Waals surface area contributed by atoms with E-state index < -0.39 is 0 Å². The minimum absolute atomic E-state index is 0.0304. The van der Waals surface area contributed by atoms with Crippen molar-refractivity contribution in [3.05, 3.63) is 29.3 Å². The Hall–Kier alpha value is -2.08. The van der Waals surface area contributed by atoms with Gasteiger partial charge in [0, 0.05) is 19.0 Å². The first-order chi connectivity index (χ1) is 9.10. The van der Waals surface area contributed by atoms with Crippen molar-refractivity contribution < 1.29 is 9.59 Å². The normalized spacial score (nSPS) is 18.6. The smallest absolute Gasteiger partial charge is 0.253 e. The van der Waals surface area contributed by atoms with Gasteiger partial charge in [-0.1, -0.05) is 6.07 Å². The summed E-state index contributed by atoms with van der Waals surface area (Å²) < 4.78 is 0. The number of amides is 2. The predicted molar refractivity (Wildman–Crippen MR) is 72.5 cm³/mol. The maximum atomic E-state index is 12.2. The quantitative estimate of drug-likeness (QED) is 0.465. The molecule has 2 amide bonds. The molecule has 0 radical (unpaired) electrons. The van der Waals surface area contributed by atoms with Crippen LogP contribution in [0.5, 0.6) is 0 Å². The van der Waals surface area contributed by atoms with E-state index in [1.807, 2.05) is 19.1 Å². The van der Waals surface area contributed by atoms with Crippen molar-refractivity contribution in [2.75, 3.05) is 12.0 Å². The first-order valence-corrected chi connectivity index (χ1v) is 6.25. The lowest BCUT2D eigenvalue weighted by atomic mass is 10.1. The SMILES string of the molecule is Cc1ccc(C(=O)NC2CCC(=O)NC2)c(NN)c1. The van der Waals surface area contributed by atoms with Gasteiger partial charge in [-0.2, -0.15) is 0 Å². The minimum atomic E-state index is -0.186. The zero-order valence-corrected chi connectivity index (χ0v) is 10.8. The molecule has 2 rings (SSSR count). The van der Waals surface area contributed by atoms with Gasteiger partial charge in [0.15, 0.2) is 0 Å². The highest BCUT2D eigenvalue weighted by Crippen LogP contribution is 2.17. The molecule has 1 fully saturated rings. The summed E-state index contributed by atoms with van der Waals surface area (Å²) in [5.41, 5.74) is 4.65. The number of carbonyl (C=O) groups is 2. The van der Waals surface area contributed by atoms with Crippen molar-refractivity contribution in [1.82, 2.24) is 10.6 Å². The first-order valence-electron chi connectivity index (χ1n) is 6.25. The number of nitrogen functional groups attached to an aromatic ring is 1. The zero-order valence-electron chi connectivity index (χ0n) is 10.8.